The second kappa shape index (κ2) is 15.8. The van der Waals surface area contributed by atoms with Crippen molar-refractivity contribution in [2.45, 2.75) is 0 Å². The van der Waals surface area contributed by atoms with Crippen LogP contribution in [0.4, 0.5) is 17.1 Å². The average Bonchev–Trinajstić information content (AvgIpc) is 3.71. The summed E-state index contributed by atoms with van der Waals surface area (Å²) in [7, 11) is 0. The Hall–Kier alpha value is -8.46. The van der Waals surface area contributed by atoms with Crippen molar-refractivity contribution < 1.29 is 0 Å². The van der Waals surface area contributed by atoms with Gasteiger partial charge in [0.05, 0.1) is 11.0 Å². The first-order valence-electron chi connectivity index (χ1n) is 22.0. The van der Waals surface area contributed by atoms with Gasteiger partial charge in [0.25, 0.3) is 0 Å². The van der Waals surface area contributed by atoms with Crippen LogP contribution in [0.15, 0.2) is 255 Å². The first kappa shape index (κ1) is 37.3. The molecule has 0 aliphatic carbocycles. The summed E-state index contributed by atoms with van der Waals surface area (Å²) in [6, 6.07) is 92.7. The molecule has 12 rings (SSSR count). The highest BCUT2D eigenvalue weighted by Crippen LogP contribution is 2.39. The van der Waals surface area contributed by atoms with Crippen LogP contribution in [0.25, 0.3) is 93.5 Å². The van der Waals surface area contributed by atoms with Crippen molar-refractivity contribution in [2.75, 3.05) is 4.90 Å². The molecule has 0 unspecified atom stereocenters. The molecular weight excluding hydrogens is 773 g/mol. The summed E-state index contributed by atoms with van der Waals surface area (Å²) in [6.45, 7) is 0. The number of rotatable bonds is 8. The lowest BCUT2D eigenvalue weighted by Crippen LogP contribution is -2.09. The van der Waals surface area contributed by atoms with E-state index < -0.39 is 0 Å². The van der Waals surface area contributed by atoms with E-state index in [9.17, 15) is 0 Å². The maximum absolute atomic E-state index is 2.38. The van der Waals surface area contributed by atoms with Crippen molar-refractivity contribution in [1.29, 1.82) is 0 Å². The van der Waals surface area contributed by atoms with Gasteiger partial charge >= 0.3 is 0 Å². The molecule has 0 aliphatic rings. The molecule has 0 fully saturated rings. The maximum atomic E-state index is 2.38. The topological polar surface area (TPSA) is 8.17 Å². The summed E-state index contributed by atoms with van der Waals surface area (Å²) in [5.41, 5.74) is 16.4. The standard InChI is InChI=1S/C62H42N2/c1-3-12-50-40-53(26-24-43(50)10-1)47-22-20-45(21-23-47)46-28-34-55(35-29-46)63(57-38-32-49(33-39-57)54-27-25-44-11-2-4-13-51(44)41-54)56-36-30-48(31-37-56)52-14-9-15-58(42-52)64-61-18-7-5-16-59(61)60-17-6-8-19-62(60)64/h1-42H. The number of benzene rings is 11. The lowest BCUT2D eigenvalue weighted by molar-refractivity contribution is 1.18. The Morgan fingerprint density at radius 3 is 1.03 bits per heavy atom. The summed E-state index contributed by atoms with van der Waals surface area (Å²) >= 11 is 0. The largest absolute Gasteiger partial charge is 0.311 e. The van der Waals surface area contributed by atoms with Crippen LogP contribution in [0.5, 0.6) is 0 Å². The third kappa shape index (κ3) is 6.79. The molecule has 64 heavy (non-hydrogen) atoms. The van der Waals surface area contributed by atoms with Crippen LogP contribution in [0, 0.1) is 0 Å². The lowest BCUT2D eigenvalue weighted by atomic mass is 9.98. The minimum atomic E-state index is 1.09. The van der Waals surface area contributed by atoms with Crippen LogP contribution in [-0.4, -0.2) is 4.57 Å². The van der Waals surface area contributed by atoms with Crippen molar-refractivity contribution in [3.63, 3.8) is 0 Å². The van der Waals surface area contributed by atoms with Gasteiger partial charge in [0.2, 0.25) is 0 Å². The minimum Gasteiger partial charge on any atom is -0.311 e. The summed E-state index contributed by atoms with van der Waals surface area (Å²) in [5, 5.41) is 7.54. The molecule has 1 aromatic heterocycles. The third-order valence-corrected chi connectivity index (χ3v) is 12.8. The predicted molar refractivity (Wildman–Crippen MR) is 272 cm³/mol. The van der Waals surface area contributed by atoms with E-state index in [1.807, 2.05) is 0 Å². The van der Waals surface area contributed by atoms with Gasteiger partial charge < -0.3 is 9.47 Å². The maximum Gasteiger partial charge on any atom is 0.0541 e. The first-order chi connectivity index (χ1) is 31.7. The van der Waals surface area contributed by atoms with Crippen LogP contribution >= 0.6 is 0 Å². The Morgan fingerprint density at radius 1 is 0.234 bits per heavy atom. The van der Waals surface area contributed by atoms with Gasteiger partial charge in [-0.25, -0.2) is 0 Å². The van der Waals surface area contributed by atoms with E-state index in [4.69, 9.17) is 0 Å². The molecule has 2 nitrogen and oxygen atoms in total. The molecule has 1 heterocycles. The fourth-order valence-electron chi connectivity index (χ4n) is 9.47. The zero-order valence-corrected chi connectivity index (χ0v) is 35.1. The fraction of sp³-hybridized carbons (Fsp3) is 0. The molecule has 0 bridgehead atoms. The van der Waals surface area contributed by atoms with Gasteiger partial charge in [0, 0.05) is 33.5 Å². The Kier molecular flexibility index (Phi) is 9.20. The molecule has 0 N–H and O–H groups in total. The molecule has 0 saturated carbocycles. The lowest BCUT2D eigenvalue weighted by Gasteiger charge is -2.26. The van der Waals surface area contributed by atoms with E-state index in [0.29, 0.717) is 0 Å². The van der Waals surface area contributed by atoms with E-state index in [0.717, 1.165) is 22.7 Å². The number of hydrogen-bond acceptors (Lipinski definition) is 1. The Bertz CT molecular complexity index is 3580. The van der Waals surface area contributed by atoms with Crippen molar-refractivity contribution in [3.05, 3.63) is 255 Å². The SMILES string of the molecule is c1cc(-c2ccc(N(c3ccc(-c4ccc(-c5ccc6ccccc6c5)cc4)cc3)c3ccc(-c4ccc5ccccc5c4)cc3)cc2)cc(-n2c3ccccc3c3ccccc32)c1. The van der Waals surface area contributed by atoms with Crippen LogP contribution in [0.2, 0.25) is 0 Å². The number of anilines is 3. The van der Waals surface area contributed by atoms with Crippen molar-refractivity contribution >= 4 is 60.4 Å². The zero-order chi connectivity index (χ0) is 42.4. The van der Waals surface area contributed by atoms with Crippen LogP contribution < -0.4 is 4.90 Å². The van der Waals surface area contributed by atoms with Crippen LogP contribution in [-0.2, 0) is 0 Å². The predicted octanol–water partition coefficient (Wildman–Crippen LogP) is 17.2. The molecule has 0 aliphatic heterocycles. The highest BCUT2D eigenvalue weighted by Gasteiger charge is 2.16. The number of aromatic nitrogens is 1. The van der Waals surface area contributed by atoms with Crippen LogP contribution in [0.1, 0.15) is 0 Å². The van der Waals surface area contributed by atoms with E-state index in [2.05, 4.69) is 264 Å². The Labute approximate surface area is 373 Å². The second-order valence-electron chi connectivity index (χ2n) is 16.6. The second-order valence-corrected chi connectivity index (χ2v) is 16.6. The summed E-state index contributed by atoms with van der Waals surface area (Å²) in [5.74, 6) is 0. The Morgan fingerprint density at radius 2 is 0.578 bits per heavy atom. The van der Waals surface area contributed by atoms with Crippen molar-refractivity contribution in [3.8, 4) is 50.2 Å². The molecule has 0 atom stereocenters. The average molecular weight is 815 g/mol. The van der Waals surface area contributed by atoms with Gasteiger partial charge in [-0.15, -0.1) is 0 Å². The first-order valence-corrected chi connectivity index (χ1v) is 22.0. The van der Waals surface area contributed by atoms with E-state index >= 15 is 0 Å². The Balaban J connectivity index is 0.882. The van der Waals surface area contributed by atoms with Gasteiger partial charge in [0.15, 0.2) is 0 Å². The van der Waals surface area contributed by atoms with Gasteiger partial charge in [-0.2, -0.15) is 0 Å². The molecule has 11 aromatic carbocycles. The quantitative estimate of drug-likeness (QED) is 0.148. The van der Waals surface area contributed by atoms with Gasteiger partial charge in [-0.05, 0) is 139 Å². The minimum absolute atomic E-state index is 1.09. The number of hydrogen-bond donors (Lipinski definition) is 0. The van der Waals surface area contributed by atoms with E-state index in [1.165, 1.54) is 87.9 Å². The number of para-hydroxylation sites is 2. The number of nitrogens with zero attached hydrogens (tertiary/aromatic N) is 2. The summed E-state index contributed by atoms with van der Waals surface area (Å²) < 4.78 is 2.38. The van der Waals surface area contributed by atoms with Crippen molar-refractivity contribution in [1.82, 2.24) is 4.57 Å². The zero-order valence-electron chi connectivity index (χ0n) is 35.1. The number of fused-ring (bicyclic) bond motifs is 5. The molecule has 0 saturated heterocycles. The molecule has 0 radical (unpaired) electrons. The monoisotopic (exact) mass is 814 g/mol. The highest BCUT2D eigenvalue weighted by molar-refractivity contribution is 6.09. The highest BCUT2D eigenvalue weighted by atomic mass is 15.1. The molecule has 0 amide bonds. The molecular formula is C62H42N2. The van der Waals surface area contributed by atoms with Gasteiger partial charge in [0.1, 0.15) is 0 Å². The van der Waals surface area contributed by atoms with Gasteiger partial charge in [-0.1, -0.05) is 182 Å². The molecule has 12 aromatic rings. The fourth-order valence-corrected chi connectivity index (χ4v) is 9.47. The van der Waals surface area contributed by atoms with Gasteiger partial charge in [-0.3, -0.25) is 0 Å². The molecule has 300 valence electrons. The smallest absolute Gasteiger partial charge is 0.0541 e. The summed E-state index contributed by atoms with van der Waals surface area (Å²) in [4.78, 5) is 2.36. The third-order valence-electron chi connectivity index (χ3n) is 12.8. The molecule has 2 heteroatoms. The van der Waals surface area contributed by atoms with Crippen LogP contribution in [0.3, 0.4) is 0 Å². The normalized spacial score (nSPS) is 11.4. The summed E-state index contributed by atoms with van der Waals surface area (Å²) in [6.07, 6.45) is 0. The van der Waals surface area contributed by atoms with E-state index in [1.54, 1.807) is 0 Å². The van der Waals surface area contributed by atoms with Crippen molar-refractivity contribution in [2.24, 2.45) is 0 Å². The van der Waals surface area contributed by atoms with E-state index in [-0.39, 0.29) is 0 Å². The molecule has 0 spiro atoms.